The molecule has 0 fully saturated rings. The molecule has 0 bridgehead atoms. The minimum Gasteiger partial charge on any atom is -0.357 e. The second-order valence-electron chi connectivity index (χ2n) is 6.05. The van der Waals surface area contributed by atoms with Crippen LogP contribution in [0, 0.1) is 0 Å². The monoisotopic (exact) mass is 342 g/mol. The molecule has 3 rings (SSSR count). The van der Waals surface area contributed by atoms with Crippen LogP contribution in [-0.4, -0.2) is 37.0 Å². The van der Waals surface area contributed by atoms with Crippen molar-refractivity contribution < 1.29 is 0 Å². The number of hydrogen-bond acceptors (Lipinski definition) is 3. The fourth-order valence-electron chi connectivity index (χ4n) is 2.97. The molecular formula is C19H26N4S. The molecule has 2 heterocycles. The molecule has 0 radical (unpaired) electrons. The van der Waals surface area contributed by atoms with Crippen LogP contribution < -0.4 is 10.6 Å². The van der Waals surface area contributed by atoms with Crippen molar-refractivity contribution in [3.8, 4) is 0 Å². The molecule has 1 aliphatic heterocycles. The van der Waals surface area contributed by atoms with Gasteiger partial charge in [0, 0.05) is 32.7 Å². The number of thiophene rings is 1. The quantitative estimate of drug-likeness (QED) is 0.626. The highest BCUT2D eigenvalue weighted by Gasteiger charge is 2.14. The number of fused-ring (bicyclic) bond motifs is 1. The number of aliphatic imine (C=N–C) groups is 1. The van der Waals surface area contributed by atoms with Gasteiger partial charge in [-0.15, -0.1) is 0 Å². The summed E-state index contributed by atoms with van der Waals surface area (Å²) in [7, 11) is 0. The van der Waals surface area contributed by atoms with Crippen molar-refractivity contribution in [1.82, 2.24) is 15.5 Å². The van der Waals surface area contributed by atoms with Gasteiger partial charge in [0.2, 0.25) is 0 Å². The van der Waals surface area contributed by atoms with Gasteiger partial charge in [0.05, 0.1) is 6.54 Å². The number of benzene rings is 1. The smallest absolute Gasteiger partial charge is 0.191 e. The minimum atomic E-state index is 0.732. The van der Waals surface area contributed by atoms with Crippen LogP contribution in [0.3, 0.4) is 0 Å². The van der Waals surface area contributed by atoms with Gasteiger partial charge < -0.3 is 10.6 Å². The van der Waals surface area contributed by atoms with E-state index in [0.29, 0.717) is 0 Å². The molecule has 0 aliphatic carbocycles. The minimum absolute atomic E-state index is 0.732. The van der Waals surface area contributed by atoms with Gasteiger partial charge in [0.25, 0.3) is 0 Å². The number of nitrogens with one attached hydrogen (secondary N) is 2. The SMILES string of the molecule is CCNC(=NCc1ccsc1)NCCN1CCc2ccccc2C1. The van der Waals surface area contributed by atoms with E-state index in [2.05, 4.69) is 68.5 Å². The molecule has 24 heavy (non-hydrogen) atoms. The van der Waals surface area contributed by atoms with Crippen LogP contribution in [0.25, 0.3) is 0 Å². The maximum Gasteiger partial charge on any atom is 0.191 e. The topological polar surface area (TPSA) is 39.7 Å². The number of rotatable bonds is 6. The molecule has 0 saturated heterocycles. The van der Waals surface area contributed by atoms with Crippen molar-refractivity contribution in [3.63, 3.8) is 0 Å². The summed E-state index contributed by atoms with van der Waals surface area (Å²) in [5, 5.41) is 11.0. The Morgan fingerprint density at radius 1 is 1.21 bits per heavy atom. The average molecular weight is 343 g/mol. The lowest BCUT2D eigenvalue weighted by molar-refractivity contribution is 0.258. The molecule has 0 unspecified atom stereocenters. The molecule has 4 nitrogen and oxygen atoms in total. The van der Waals surface area contributed by atoms with E-state index in [-0.39, 0.29) is 0 Å². The summed E-state index contributed by atoms with van der Waals surface area (Å²) in [5.41, 5.74) is 4.25. The van der Waals surface area contributed by atoms with E-state index in [1.807, 2.05) is 0 Å². The van der Waals surface area contributed by atoms with Gasteiger partial charge in [-0.3, -0.25) is 4.90 Å². The van der Waals surface area contributed by atoms with Gasteiger partial charge in [0.1, 0.15) is 0 Å². The standard InChI is InChI=1S/C19H26N4S/c1-2-20-19(22-13-16-8-12-24-15-16)21-9-11-23-10-7-17-5-3-4-6-18(17)14-23/h3-6,8,12,15H,2,7,9-11,13-14H2,1H3,(H2,20,21,22). The molecule has 0 atom stereocenters. The second kappa shape index (κ2) is 8.85. The Morgan fingerprint density at radius 3 is 2.88 bits per heavy atom. The van der Waals surface area contributed by atoms with Crippen LogP contribution >= 0.6 is 11.3 Å². The first-order chi connectivity index (χ1) is 11.8. The molecule has 128 valence electrons. The molecule has 2 N–H and O–H groups in total. The van der Waals surface area contributed by atoms with Crippen LogP contribution in [-0.2, 0) is 19.5 Å². The van der Waals surface area contributed by atoms with Gasteiger partial charge in [-0.1, -0.05) is 24.3 Å². The summed E-state index contributed by atoms with van der Waals surface area (Å²) in [6.45, 7) is 7.86. The van der Waals surface area contributed by atoms with Gasteiger partial charge in [-0.05, 0) is 46.9 Å². The highest BCUT2D eigenvalue weighted by Crippen LogP contribution is 2.17. The number of guanidine groups is 1. The normalized spacial score (nSPS) is 15.1. The second-order valence-corrected chi connectivity index (χ2v) is 6.83. The first-order valence-corrected chi connectivity index (χ1v) is 9.62. The van der Waals surface area contributed by atoms with Gasteiger partial charge in [-0.25, -0.2) is 4.99 Å². The maximum absolute atomic E-state index is 4.66. The van der Waals surface area contributed by atoms with Crippen molar-refractivity contribution in [2.24, 2.45) is 4.99 Å². The number of nitrogens with zero attached hydrogens (tertiary/aromatic N) is 2. The Hall–Kier alpha value is -1.85. The van der Waals surface area contributed by atoms with Gasteiger partial charge in [-0.2, -0.15) is 11.3 Å². The zero-order valence-corrected chi connectivity index (χ0v) is 15.1. The number of hydrogen-bond donors (Lipinski definition) is 2. The molecule has 5 heteroatoms. The lowest BCUT2D eigenvalue weighted by Gasteiger charge is -2.28. The lowest BCUT2D eigenvalue weighted by Crippen LogP contribution is -2.42. The summed E-state index contributed by atoms with van der Waals surface area (Å²) >= 11 is 1.72. The highest BCUT2D eigenvalue weighted by molar-refractivity contribution is 7.07. The summed E-state index contributed by atoms with van der Waals surface area (Å²) in [6, 6.07) is 10.9. The van der Waals surface area contributed by atoms with E-state index in [0.717, 1.165) is 51.6 Å². The van der Waals surface area contributed by atoms with Crippen LogP contribution in [0.1, 0.15) is 23.6 Å². The Kier molecular flexibility index (Phi) is 6.26. The predicted octanol–water partition coefficient (Wildman–Crippen LogP) is 2.86. The summed E-state index contributed by atoms with van der Waals surface area (Å²) in [6.07, 6.45) is 1.16. The van der Waals surface area contributed by atoms with Gasteiger partial charge in [0.15, 0.2) is 5.96 Å². The van der Waals surface area contributed by atoms with Crippen LogP contribution in [0.5, 0.6) is 0 Å². The van der Waals surface area contributed by atoms with Crippen LogP contribution in [0.2, 0.25) is 0 Å². The fraction of sp³-hybridized carbons (Fsp3) is 0.421. The van der Waals surface area contributed by atoms with Crippen molar-refractivity contribution in [1.29, 1.82) is 0 Å². The zero-order chi connectivity index (χ0) is 16.6. The molecule has 1 aromatic heterocycles. The Labute approximate surface area is 148 Å². The highest BCUT2D eigenvalue weighted by atomic mass is 32.1. The Bertz CT molecular complexity index is 651. The van der Waals surface area contributed by atoms with Crippen LogP contribution in [0.15, 0.2) is 46.1 Å². The maximum atomic E-state index is 4.66. The van der Waals surface area contributed by atoms with E-state index in [4.69, 9.17) is 0 Å². The molecule has 2 aromatic rings. The average Bonchev–Trinajstić information content (AvgIpc) is 3.13. The van der Waals surface area contributed by atoms with Crippen molar-refractivity contribution in [2.45, 2.75) is 26.4 Å². The van der Waals surface area contributed by atoms with E-state index in [1.165, 1.54) is 16.7 Å². The first-order valence-electron chi connectivity index (χ1n) is 8.67. The third-order valence-corrected chi connectivity index (χ3v) is 5.01. The summed E-state index contributed by atoms with van der Waals surface area (Å²) < 4.78 is 0. The van der Waals surface area contributed by atoms with Crippen LogP contribution in [0.4, 0.5) is 0 Å². The summed E-state index contributed by atoms with van der Waals surface area (Å²) in [4.78, 5) is 7.17. The fourth-order valence-corrected chi connectivity index (χ4v) is 3.63. The van der Waals surface area contributed by atoms with E-state index in [1.54, 1.807) is 11.3 Å². The Morgan fingerprint density at radius 2 is 2.08 bits per heavy atom. The lowest BCUT2D eigenvalue weighted by atomic mass is 10.00. The third kappa shape index (κ3) is 4.82. The van der Waals surface area contributed by atoms with E-state index in [9.17, 15) is 0 Å². The Balaban J connectivity index is 1.46. The predicted molar refractivity (Wildman–Crippen MR) is 103 cm³/mol. The molecule has 1 aliphatic rings. The zero-order valence-electron chi connectivity index (χ0n) is 14.3. The van der Waals surface area contributed by atoms with Gasteiger partial charge >= 0.3 is 0 Å². The molecular weight excluding hydrogens is 316 g/mol. The molecule has 0 saturated carbocycles. The largest absolute Gasteiger partial charge is 0.357 e. The van der Waals surface area contributed by atoms with Crippen molar-refractivity contribution in [3.05, 3.63) is 57.8 Å². The molecule has 0 spiro atoms. The first kappa shape index (κ1) is 17.0. The van der Waals surface area contributed by atoms with E-state index < -0.39 is 0 Å². The summed E-state index contributed by atoms with van der Waals surface area (Å²) in [5.74, 6) is 0.904. The van der Waals surface area contributed by atoms with Crippen molar-refractivity contribution in [2.75, 3.05) is 26.2 Å². The van der Waals surface area contributed by atoms with Crippen molar-refractivity contribution >= 4 is 17.3 Å². The molecule has 0 amide bonds. The third-order valence-electron chi connectivity index (χ3n) is 4.27. The van der Waals surface area contributed by atoms with E-state index >= 15 is 0 Å². The molecule has 1 aromatic carbocycles.